The first kappa shape index (κ1) is 11.7. The van der Waals surface area contributed by atoms with Gasteiger partial charge in [-0.15, -0.1) is 0 Å². The Morgan fingerprint density at radius 1 is 1.47 bits per heavy atom. The van der Waals surface area contributed by atoms with Crippen LogP contribution in [0.4, 0.5) is 9.52 Å². The van der Waals surface area contributed by atoms with Gasteiger partial charge in [-0.2, -0.15) is 0 Å². The maximum atomic E-state index is 13.0. The van der Waals surface area contributed by atoms with Crippen LogP contribution in [0, 0.1) is 5.82 Å². The minimum absolute atomic E-state index is 0.218. The van der Waals surface area contributed by atoms with Gasteiger partial charge in [-0.05, 0) is 32.0 Å². The topological polar surface area (TPSA) is 42.0 Å². The lowest BCUT2D eigenvalue weighted by Gasteiger charge is -1.95. The van der Waals surface area contributed by atoms with Crippen LogP contribution in [-0.4, -0.2) is 10.9 Å². The molecule has 0 spiro atoms. The minimum Gasteiger partial charge on any atom is -0.298 e. The number of nitrogens with zero attached hydrogens (tertiary/aromatic N) is 1. The molecular weight excluding hydrogens is 239 g/mol. The fourth-order valence-corrected chi connectivity index (χ4v) is 2.25. The Bertz CT molecular complexity index is 600. The third-order valence-corrected chi connectivity index (χ3v) is 2.93. The summed E-state index contributed by atoms with van der Waals surface area (Å²) in [5.74, 6) is -0.521. The number of hydrogen-bond acceptors (Lipinski definition) is 3. The van der Waals surface area contributed by atoms with Crippen molar-refractivity contribution in [3.8, 4) is 0 Å². The smallest absolute Gasteiger partial charge is 0.250 e. The van der Waals surface area contributed by atoms with Gasteiger partial charge in [-0.3, -0.25) is 10.1 Å². The highest BCUT2D eigenvalue weighted by molar-refractivity contribution is 7.22. The molecule has 0 aliphatic heterocycles. The lowest BCUT2D eigenvalue weighted by Crippen LogP contribution is -2.07. The number of amides is 1. The van der Waals surface area contributed by atoms with Crippen molar-refractivity contribution < 1.29 is 9.18 Å². The number of nitrogens with one attached hydrogen (secondary N) is 1. The van der Waals surface area contributed by atoms with E-state index in [4.69, 9.17) is 0 Å². The number of thiazole rings is 1. The zero-order valence-electron chi connectivity index (χ0n) is 9.45. The molecule has 0 radical (unpaired) electrons. The summed E-state index contributed by atoms with van der Waals surface area (Å²) in [5, 5.41) is 3.13. The molecule has 0 fully saturated rings. The Morgan fingerprint density at radius 2 is 2.24 bits per heavy atom. The first-order valence-corrected chi connectivity index (χ1v) is 5.88. The molecule has 0 saturated carbocycles. The van der Waals surface area contributed by atoms with Crippen LogP contribution in [0.1, 0.15) is 13.8 Å². The van der Waals surface area contributed by atoms with Crippen LogP contribution in [0.3, 0.4) is 0 Å². The third-order valence-electron chi connectivity index (χ3n) is 2.00. The summed E-state index contributed by atoms with van der Waals surface area (Å²) >= 11 is 1.25. The Balaban J connectivity index is 2.25. The second-order valence-corrected chi connectivity index (χ2v) is 4.87. The second kappa shape index (κ2) is 4.63. The number of carbonyl (C=O) groups is 1. The molecule has 2 aromatic rings. The highest BCUT2D eigenvalue weighted by atomic mass is 32.1. The standard InChI is InChI=1S/C12H11FN2OS/c1-7(2)5-11(16)15-12-14-9-4-3-8(13)6-10(9)17-12/h3-6H,1-2H3,(H,14,15,16). The van der Waals surface area contributed by atoms with Gasteiger partial charge in [0.15, 0.2) is 5.13 Å². The highest BCUT2D eigenvalue weighted by Gasteiger charge is 2.06. The van der Waals surface area contributed by atoms with E-state index in [2.05, 4.69) is 10.3 Å². The molecule has 0 atom stereocenters. The second-order valence-electron chi connectivity index (χ2n) is 3.84. The fourth-order valence-electron chi connectivity index (χ4n) is 1.36. The maximum absolute atomic E-state index is 13.0. The number of rotatable bonds is 2. The minimum atomic E-state index is -0.302. The van der Waals surface area contributed by atoms with Gasteiger partial charge in [-0.25, -0.2) is 9.37 Å². The molecule has 5 heteroatoms. The van der Waals surface area contributed by atoms with Crippen molar-refractivity contribution in [2.75, 3.05) is 5.32 Å². The van der Waals surface area contributed by atoms with E-state index in [1.165, 1.54) is 29.5 Å². The quantitative estimate of drug-likeness (QED) is 0.830. The van der Waals surface area contributed by atoms with Crippen molar-refractivity contribution in [2.24, 2.45) is 0 Å². The van der Waals surface area contributed by atoms with Gasteiger partial charge in [0.05, 0.1) is 10.2 Å². The fraction of sp³-hybridized carbons (Fsp3) is 0.167. The van der Waals surface area contributed by atoms with E-state index >= 15 is 0 Å². The van der Waals surface area contributed by atoms with Crippen LogP contribution in [0.2, 0.25) is 0 Å². The summed E-state index contributed by atoms with van der Waals surface area (Å²) in [7, 11) is 0. The molecule has 1 aromatic carbocycles. The van der Waals surface area contributed by atoms with Gasteiger partial charge >= 0.3 is 0 Å². The molecule has 1 amide bonds. The van der Waals surface area contributed by atoms with Gasteiger partial charge in [0.2, 0.25) is 5.91 Å². The van der Waals surface area contributed by atoms with Crippen molar-refractivity contribution >= 4 is 32.6 Å². The summed E-state index contributed by atoms with van der Waals surface area (Å²) in [6, 6.07) is 4.35. The number of hydrogen-bond donors (Lipinski definition) is 1. The molecule has 0 unspecified atom stereocenters. The van der Waals surface area contributed by atoms with Gasteiger partial charge in [0.25, 0.3) is 0 Å². The summed E-state index contributed by atoms with van der Waals surface area (Å²) in [6.07, 6.45) is 1.49. The van der Waals surface area contributed by atoms with Gasteiger partial charge in [-0.1, -0.05) is 16.9 Å². The Hall–Kier alpha value is -1.75. The van der Waals surface area contributed by atoms with E-state index in [0.29, 0.717) is 10.6 Å². The van der Waals surface area contributed by atoms with Gasteiger partial charge < -0.3 is 0 Å². The molecule has 1 heterocycles. The van der Waals surface area contributed by atoms with Gasteiger partial charge in [0.1, 0.15) is 5.82 Å². The number of anilines is 1. The van der Waals surface area contributed by atoms with Crippen LogP contribution in [-0.2, 0) is 4.79 Å². The number of fused-ring (bicyclic) bond motifs is 1. The van der Waals surface area contributed by atoms with Crippen molar-refractivity contribution in [2.45, 2.75) is 13.8 Å². The Morgan fingerprint density at radius 3 is 2.94 bits per heavy atom. The van der Waals surface area contributed by atoms with Crippen LogP contribution < -0.4 is 5.32 Å². The van der Waals surface area contributed by atoms with E-state index < -0.39 is 0 Å². The van der Waals surface area contributed by atoms with E-state index in [-0.39, 0.29) is 11.7 Å². The zero-order chi connectivity index (χ0) is 12.4. The van der Waals surface area contributed by atoms with E-state index in [1.807, 2.05) is 13.8 Å². The predicted molar refractivity (Wildman–Crippen MR) is 67.6 cm³/mol. The van der Waals surface area contributed by atoms with Crippen LogP contribution >= 0.6 is 11.3 Å². The zero-order valence-corrected chi connectivity index (χ0v) is 10.3. The summed E-state index contributed by atoms with van der Waals surface area (Å²) in [6.45, 7) is 3.68. The highest BCUT2D eigenvalue weighted by Crippen LogP contribution is 2.26. The molecule has 0 saturated heterocycles. The van der Waals surface area contributed by atoms with Crippen LogP contribution in [0.5, 0.6) is 0 Å². The van der Waals surface area contributed by atoms with Crippen molar-refractivity contribution in [3.05, 3.63) is 35.7 Å². The number of allylic oxidation sites excluding steroid dienone is 1. The molecule has 1 N–H and O–H groups in total. The normalized spacial score (nSPS) is 10.3. The average Bonchev–Trinajstić information content (AvgIpc) is 2.57. The molecule has 88 valence electrons. The largest absolute Gasteiger partial charge is 0.298 e. The van der Waals surface area contributed by atoms with Crippen LogP contribution in [0.25, 0.3) is 10.2 Å². The monoisotopic (exact) mass is 250 g/mol. The van der Waals surface area contributed by atoms with Crippen LogP contribution in [0.15, 0.2) is 29.8 Å². The molecule has 3 nitrogen and oxygen atoms in total. The maximum Gasteiger partial charge on any atom is 0.250 e. The molecule has 1 aromatic heterocycles. The lowest BCUT2D eigenvalue weighted by atomic mass is 10.3. The number of benzene rings is 1. The number of aromatic nitrogens is 1. The first-order valence-electron chi connectivity index (χ1n) is 5.06. The SMILES string of the molecule is CC(C)=CC(=O)Nc1nc2ccc(F)cc2s1. The summed E-state index contributed by atoms with van der Waals surface area (Å²) < 4.78 is 13.7. The van der Waals surface area contributed by atoms with Crippen molar-refractivity contribution in [3.63, 3.8) is 0 Å². The lowest BCUT2D eigenvalue weighted by molar-refractivity contribution is -0.111. The molecule has 2 rings (SSSR count). The number of carbonyl (C=O) groups excluding carboxylic acids is 1. The molecule has 0 aliphatic carbocycles. The molecule has 0 bridgehead atoms. The van der Waals surface area contributed by atoms with E-state index in [0.717, 1.165) is 10.3 Å². The van der Waals surface area contributed by atoms with Crippen molar-refractivity contribution in [1.29, 1.82) is 0 Å². The summed E-state index contributed by atoms with van der Waals surface area (Å²) in [4.78, 5) is 15.7. The predicted octanol–water partition coefficient (Wildman–Crippen LogP) is 3.34. The Labute approximate surface area is 102 Å². The van der Waals surface area contributed by atoms with Crippen molar-refractivity contribution in [1.82, 2.24) is 4.98 Å². The third kappa shape index (κ3) is 2.88. The first-order chi connectivity index (χ1) is 8.04. The van der Waals surface area contributed by atoms with E-state index in [1.54, 1.807) is 6.07 Å². The Kier molecular flexibility index (Phi) is 3.19. The molecular formula is C12H11FN2OS. The average molecular weight is 250 g/mol. The molecule has 0 aliphatic rings. The van der Waals surface area contributed by atoms with Gasteiger partial charge in [0, 0.05) is 6.08 Å². The van der Waals surface area contributed by atoms with E-state index in [9.17, 15) is 9.18 Å². The summed E-state index contributed by atoms with van der Waals surface area (Å²) in [5.41, 5.74) is 1.60. The molecule has 17 heavy (non-hydrogen) atoms. The number of halogens is 1.